The second kappa shape index (κ2) is 3.85. The molecule has 0 amide bonds. The number of nitrogen functional groups attached to an aromatic ring is 1. The van der Waals surface area contributed by atoms with Gasteiger partial charge in [0.05, 0.1) is 28.4 Å². The highest BCUT2D eigenvalue weighted by Crippen LogP contribution is 2.30. The van der Waals surface area contributed by atoms with Crippen molar-refractivity contribution in [1.29, 1.82) is 0 Å². The highest BCUT2D eigenvalue weighted by atomic mass is 35.5. The van der Waals surface area contributed by atoms with Crippen molar-refractivity contribution in [2.24, 2.45) is 0 Å². The maximum Gasteiger partial charge on any atom is 0.340 e. The molecule has 0 atom stereocenters. The summed E-state index contributed by atoms with van der Waals surface area (Å²) in [6, 6.07) is 2.96. The number of esters is 1. The maximum atomic E-state index is 11.1. The Kier molecular flexibility index (Phi) is 3.01. The van der Waals surface area contributed by atoms with Crippen LogP contribution in [0.5, 0.6) is 0 Å². The molecule has 0 heterocycles. The van der Waals surface area contributed by atoms with Crippen molar-refractivity contribution in [3.05, 3.63) is 27.7 Å². The molecule has 1 aromatic carbocycles. The molecular weight excluding hydrogens is 213 g/mol. The van der Waals surface area contributed by atoms with E-state index in [2.05, 4.69) is 4.74 Å². The second-order valence-electron chi connectivity index (χ2n) is 2.31. The van der Waals surface area contributed by atoms with Gasteiger partial charge in [-0.15, -0.1) is 0 Å². The smallest absolute Gasteiger partial charge is 0.340 e. The van der Waals surface area contributed by atoms with Gasteiger partial charge in [-0.25, -0.2) is 4.79 Å². The zero-order chi connectivity index (χ0) is 10.0. The Bertz CT molecular complexity index is 352. The number of anilines is 1. The largest absolute Gasteiger partial charge is 0.465 e. The van der Waals surface area contributed by atoms with Gasteiger partial charge in [-0.3, -0.25) is 0 Å². The van der Waals surface area contributed by atoms with E-state index >= 15 is 0 Å². The van der Waals surface area contributed by atoms with Gasteiger partial charge in [-0.1, -0.05) is 23.2 Å². The lowest BCUT2D eigenvalue weighted by Crippen LogP contribution is -2.05. The lowest BCUT2D eigenvalue weighted by Gasteiger charge is -2.05. The van der Waals surface area contributed by atoms with Crippen LogP contribution in [0.1, 0.15) is 10.4 Å². The van der Waals surface area contributed by atoms with Crippen LogP contribution in [0.4, 0.5) is 5.69 Å². The SMILES string of the molecule is COC(=O)c1ccc(Cl)c(Cl)c1N. The Morgan fingerprint density at radius 2 is 2.08 bits per heavy atom. The molecule has 0 saturated heterocycles. The van der Waals surface area contributed by atoms with Crippen molar-refractivity contribution in [3.8, 4) is 0 Å². The lowest BCUT2D eigenvalue weighted by atomic mass is 10.2. The number of carbonyl (C=O) groups excluding carboxylic acids is 1. The van der Waals surface area contributed by atoms with Crippen LogP contribution < -0.4 is 5.73 Å². The van der Waals surface area contributed by atoms with E-state index in [1.54, 1.807) is 0 Å². The predicted octanol–water partition coefficient (Wildman–Crippen LogP) is 2.36. The third-order valence-electron chi connectivity index (χ3n) is 1.54. The topological polar surface area (TPSA) is 52.3 Å². The molecule has 0 bridgehead atoms. The summed E-state index contributed by atoms with van der Waals surface area (Å²) in [6.07, 6.45) is 0. The van der Waals surface area contributed by atoms with Crippen molar-refractivity contribution in [1.82, 2.24) is 0 Å². The summed E-state index contributed by atoms with van der Waals surface area (Å²) in [5.74, 6) is -0.531. The van der Waals surface area contributed by atoms with Crippen LogP contribution in [0.3, 0.4) is 0 Å². The van der Waals surface area contributed by atoms with Crippen LogP contribution in [0, 0.1) is 0 Å². The minimum atomic E-state index is -0.531. The molecular formula is C8H7Cl2NO2. The molecule has 1 aromatic rings. The molecule has 5 heteroatoms. The number of hydrogen-bond donors (Lipinski definition) is 1. The van der Waals surface area contributed by atoms with Crippen LogP contribution >= 0.6 is 23.2 Å². The number of ether oxygens (including phenoxy) is 1. The number of nitrogens with two attached hydrogens (primary N) is 1. The molecule has 0 saturated carbocycles. The van der Waals surface area contributed by atoms with Crippen molar-refractivity contribution in [2.45, 2.75) is 0 Å². The number of benzene rings is 1. The average molecular weight is 220 g/mol. The van der Waals surface area contributed by atoms with Crippen molar-refractivity contribution in [3.63, 3.8) is 0 Å². The molecule has 1 rings (SSSR count). The minimum absolute atomic E-state index is 0.140. The summed E-state index contributed by atoms with van der Waals surface area (Å²) >= 11 is 11.4. The maximum absolute atomic E-state index is 11.1. The number of methoxy groups -OCH3 is 1. The van der Waals surface area contributed by atoms with Crippen LogP contribution in [0.2, 0.25) is 10.0 Å². The van der Waals surface area contributed by atoms with Crippen molar-refractivity contribution in [2.75, 3.05) is 12.8 Å². The second-order valence-corrected chi connectivity index (χ2v) is 3.10. The van der Waals surface area contributed by atoms with Crippen LogP contribution in [0.25, 0.3) is 0 Å². The molecule has 2 N–H and O–H groups in total. The third kappa shape index (κ3) is 1.87. The highest BCUT2D eigenvalue weighted by Gasteiger charge is 2.13. The number of carbonyl (C=O) groups is 1. The Hall–Kier alpha value is -0.930. The van der Waals surface area contributed by atoms with Gasteiger partial charge in [0.1, 0.15) is 0 Å². The van der Waals surface area contributed by atoms with E-state index < -0.39 is 5.97 Å². The van der Waals surface area contributed by atoms with Crippen LogP contribution in [-0.4, -0.2) is 13.1 Å². The van der Waals surface area contributed by atoms with E-state index in [0.29, 0.717) is 5.02 Å². The van der Waals surface area contributed by atoms with Crippen LogP contribution in [-0.2, 0) is 4.74 Å². The van der Waals surface area contributed by atoms with E-state index in [1.165, 1.54) is 19.2 Å². The summed E-state index contributed by atoms with van der Waals surface area (Å²) in [7, 11) is 1.27. The Labute approximate surface area is 85.4 Å². The van der Waals surface area contributed by atoms with E-state index in [9.17, 15) is 4.79 Å². The van der Waals surface area contributed by atoms with Gasteiger partial charge in [0.2, 0.25) is 0 Å². The first-order valence-corrected chi connectivity index (χ1v) is 4.15. The van der Waals surface area contributed by atoms with Crippen molar-refractivity contribution >= 4 is 34.9 Å². The van der Waals surface area contributed by atoms with Gasteiger partial charge >= 0.3 is 5.97 Å². The molecule has 0 radical (unpaired) electrons. The Balaban J connectivity index is 3.26. The Morgan fingerprint density at radius 1 is 1.46 bits per heavy atom. The van der Waals surface area contributed by atoms with Crippen molar-refractivity contribution < 1.29 is 9.53 Å². The van der Waals surface area contributed by atoms with Gasteiger partial charge in [0, 0.05) is 0 Å². The van der Waals surface area contributed by atoms with Gasteiger partial charge in [-0.05, 0) is 12.1 Å². The number of hydrogen-bond acceptors (Lipinski definition) is 3. The molecule has 70 valence electrons. The normalized spacial score (nSPS) is 9.77. The fourth-order valence-corrected chi connectivity index (χ4v) is 1.18. The van der Waals surface area contributed by atoms with E-state index in [1.807, 2.05) is 0 Å². The molecule has 0 aromatic heterocycles. The van der Waals surface area contributed by atoms with Gasteiger partial charge < -0.3 is 10.5 Å². The van der Waals surface area contributed by atoms with E-state index in [4.69, 9.17) is 28.9 Å². The molecule has 13 heavy (non-hydrogen) atoms. The van der Waals surface area contributed by atoms with Gasteiger partial charge in [0.25, 0.3) is 0 Å². The minimum Gasteiger partial charge on any atom is -0.465 e. The zero-order valence-electron chi connectivity index (χ0n) is 6.80. The van der Waals surface area contributed by atoms with E-state index in [0.717, 1.165) is 0 Å². The number of rotatable bonds is 1. The van der Waals surface area contributed by atoms with Crippen LogP contribution in [0.15, 0.2) is 12.1 Å². The molecule has 0 spiro atoms. The first kappa shape index (κ1) is 10.2. The predicted molar refractivity (Wildman–Crippen MR) is 52.2 cm³/mol. The summed E-state index contributed by atoms with van der Waals surface area (Å²) in [4.78, 5) is 11.1. The van der Waals surface area contributed by atoms with Gasteiger partial charge in [0.15, 0.2) is 0 Å². The standard InChI is InChI=1S/C8H7Cl2NO2/c1-13-8(12)4-2-3-5(9)6(10)7(4)11/h2-3H,11H2,1H3. The fourth-order valence-electron chi connectivity index (χ4n) is 0.854. The average Bonchev–Trinajstić information content (AvgIpc) is 2.13. The van der Waals surface area contributed by atoms with E-state index in [-0.39, 0.29) is 16.3 Å². The third-order valence-corrected chi connectivity index (χ3v) is 2.36. The first-order chi connectivity index (χ1) is 6.07. The summed E-state index contributed by atoms with van der Waals surface area (Å²) < 4.78 is 4.49. The van der Waals surface area contributed by atoms with Gasteiger partial charge in [-0.2, -0.15) is 0 Å². The summed E-state index contributed by atoms with van der Waals surface area (Å²) in [5, 5.41) is 0.483. The molecule has 0 aliphatic heterocycles. The monoisotopic (exact) mass is 219 g/mol. The summed E-state index contributed by atoms with van der Waals surface area (Å²) in [6.45, 7) is 0. The number of halogens is 2. The molecule has 0 aliphatic rings. The molecule has 0 fully saturated rings. The highest BCUT2D eigenvalue weighted by molar-refractivity contribution is 6.44. The molecule has 3 nitrogen and oxygen atoms in total. The summed E-state index contributed by atoms with van der Waals surface area (Å²) in [5.41, 5.74) is 5.90. The zero-order valence-corrected chi connectivity index (χ0v) is 8.32. The Morgan fingerprint density at radius 3 is 2.62 bits per heavy atom. The molecule has 0 aliphatic carbocycles. The first-order valence-electron chi connectivity index (χ1n) is 3.39. The lowest BCUT2D eigenvalue weighted by molar-refractivity contribution is 0.0602. The quantitative estimate of drug-likeness (QED) is 0.583. The molecule has 0 unspecified atom stereocenters. The fraction of sp³-hybridized carbons (Fsp3) is 0.125.